The van der Waals surface area contributed by atoms with Crippen LogP contribution in [0.5, 0.6) is 0 Å². The maximum atomic E-state index is 11.8. The minimum absolute atomic E-state index is 0.0468. The van der Waals surface area contributed by atoms with Gasteiger partial charge < -0.3 is 14.8 Å². The molecule has 0 aliphatic heterocycles. The molecular weight excluding hydrogens is 246 g/mol. The smallest absolute Gasteiger partial charge is 0.303 e. The van der Waals surface area contributed by atoms with Crippen molar-refractivity contribution in [1.29, 1.82) is 0 Å². The molecule has 0 aliphatic rings. The number of furan rings is 1. The van der Waals surface area contributed by atoms with Crippen molar-refractivity contribution in [1.82, 2.24) is 5.32 Å². The molecule has 1 heterocycles. The van der Waals surface area contributed by atoms with Gasteiger partial charge in [-0.2, -0.15) is 0 Å². The number of carbonyl (C=O) groups is 2. The summed E-state index contributed by atoms with van der Waals surface area (Å²) in [4.78, 5) is 22.6. The number of carboxylic acid groups (broad SMARTS) is 1. The van der Waals surface area contributed by atoms with Crippen LogP contribution in [0.25, 0.3) is 0 Å². The van der Waals surface area contributed by atoms with Gasteiger partial charge in [0.25, 0.3) is 5.91 Å². The number of hydrogen-bond acceptors (Lipinski definition) is 3. The van der Waals surface area contributed by atoms with Crippen LogP contribution in [0.15, 0.2) is 16.7 Å². The number of hydrogen-bond donors (Lipinski definition) is 2. The van der Waals surface area contributed by atoms with Gasteiger partial charge >= 0.3 is 5.97 Å². The Morgan fingerprint density at radius 1 is 1.42 bits per heavy atom. The van der Waals surface area contributed by atoms with Gasteiger partial charge in [0.2, 0.25) is 0 Å². The van der Waals surface area contributed by atoms with Crippen LogP contribution in [0.2, 0.25) is 0 Å². The molecule has 0 radical (unpaired) electrons. The molecule has 1 rings (SSSR count). The van der Waals surface area contributed by atoms with Crippen molar-refractivity contribution in [2.75, 3.05) is 6.54 Å². The third-order valence-corrected chi connectivity index (χ3v) is 2.81. The number of aryl methyl sites for hydroxylation is 1. The lowest BCUT2D eigenvalue weighted by Crippen LogP contribution is -2.30. The molecule has 0 aliphatic carbocycles. The topological polar surface area (TPSA) is 79.5 Å². The minimum Gasteiger partial charge on any atom is -0.481 e. The van der Waals surface area contributed by atoms with Gasteiger partial charge in [-0.3, -0.25) is 9.59 Å². The van der Waals surface area contributed by atoms with Crippen molar-refractivity contribution in [3.05, 3.63) is 23.7 Å². The fourth-order valence-corrected chi connectivity index (χ4v) is 2.05. The second-order valence-electron chi connectivity index (χ2n) is 5.25. The van der Waals surface area contributed by atoms with Crippen LogP contribution in [-0.2, 0) is 4.79 Å². The second-order valence-corrected chi connectivity index (χ2v) is 5.25. The maximum Gasteiger partial charge on any atom is 0.303 e. The van der Waals surface area contributed by atoms with Crippen LogP contribution in [-0.4, -0.2) is 23.5 Å². The molecule has 0 saturated heterocycles. The monoisotopic (exact) mass is 267 g/mol. The number of carboxylic acids is 1. The van der Waals surface area contributed by atoms with Gasteiger partial charge in [-0.25, -0.2) is 0 Å². The quantitative estimate of drug-likeness (QED) is 0.795. The summed E-state index contributed by atoms with van der Waals surface area (Å²) in [5, 5.41) is 11.6. The summed E-state index contributed by atoms with van der Waals surface area (Å²) in [5.41, 5.74) is 0.469. The number of carbonyl (C=O) groups excluding carboxylic acids is 1. The predicted molar refractivity (Wildman–Crippen MR) is 71.0 cm³/mol. The first-order valence-electron chi connectivity index (χ1n) is 6.43. The third kappa shape index (κ3) is 5.59. The van der Waals surface area contributed by atoms with Gasteiger partial charge in [0.15, 0.2) is 0 Å². The Kier molecular flexibility index (Phi) is 5.60. The van der Waals surface area contributed by atoms with Gasteiger partial charge in [-0.15, -0.1) is 0 Å². The van der Waals surface area contributed by atoms with Crippen molar-refractivity contribution >= 4 is 11.9 Å². The van der Waals surface area contributed by atoms with E-state index in [4.69, 9.17) is 9.52 Å². The molecule has 2 N–H and O–H groups in total. The van der Waals surface area contributed by atoms with E-state index in [1.54, 1.807) is 13.0 Å². The zero-order chi connectivity index (χ0) is 14.4. The van der Waals surface area contributed by atoms with Crippen molar-refractivity contribution in [2.45, 2.75) is 33.6 Å². The molecule has 1 aromatic rings. The lowest BCUT2D eigenvalue weighted by Gasteiger charge is -2.17. The predicted octanol–water partition coefficient (Wildman–Crippen LogP) is 2.45. The number of nitrogens with one attached hydrogen (secondary N) is 1. The van der Waals surface area contributed by atoms with Gasteiger partial charge in [0.05, 0.1) is 5.56 Å². The molecule has 19 heavy (non-hydrogen) atoms. The van der Waals surface area contributed by atoms with E-state index in [-0.39, 0.29) is 18.2 Å². The molecule has 1 aromatic heterocycles. The number of amides is 1. The zero-order valence-electron chi connectivity index (χ0n) is 11.6. The van der Waals surface area contributed by atoms with E-state index in [0.717, 1.165) is 6.42 Å². The Hall–Kier alpha value is -1.78. The van der Waals surface area contributed by atoms with Crippen LogP contribution in [0.4, 0.5) is 0 Å². The summed E-state index contributed by atoms with van der Waals surface area (Å²) < 4.78 is 5.07. The first-order valence-corrected chi connectivity index (χ1v) is 6.43. The van der Waals surface area contributed by atoms with Gasteiger partial charge in [-0.1, -0.05) is 13.8 Å². The van der Waals surface area contributed by atoms with E-state index < -0.39 is 5.97 Å². The highest BCUT2D eigenvalue weighted by atomic mass is 16.4. The van der Waals surface area contributed by atoms with E-state index in [0.29, 0.717) is 23.8 Å². The summed E-state index contributed by atoms with van der Waals surface area (Å²) in [6, 6.07) is 1.66. The highest BCUT2D eigenvalue weighted by Gasteiger charge is 2.17. The number of rotatable bonds is 7. The molecule has 1 amide bonds. The summed E-state index contributed by atoms with van der Waals surface area (Å²) in [6.07, 6.45) is 2.25. The molecule has 1 unspecified atom stereocenters. The van der Waals surface area contributed by atoms with Crippen LogP contribution in [0, 0.1) is 18.8 Å². The SMILES string of the molecule is Cc1cc(C(=O)NCC(CC(=O)O)CC(C)C)co1. The molecule has 0 saturated carbocycles. The highest BCUT2D eigenvalue weighted by molar-refractivity contribution is 5.93. The standard InChI is InChI=1S/C14H21NO4/c1-9(2)4-11(6-13(16)17)7-15-14(18)12-5-10(3)19-8-12/h5,8-9,11H,4,6-7H2,1-3H3,(H,15,18)(H,16,17). The van der Waals surface area contributed by atoms with E-state index in [1.807, 2.05) is 13.8 Å². The Balaban J connectivity index is 2.50. The molecule has 1 atom stereocenters. The van der Waals surface area contributed by atoms with Crippen LogP contribution in [0.3, 0.4) is 0 Å². The largest absolute Gasteiger partial charge is 0.481 e. The summed E-state index contributed by atoms with van der Waals surface area (Å²) in [5.74, 6) is -0.0312. The minimum atomic E-state index is -0.834. The summed E-state index contributed by atoms with van der Waals surface area (Å²) in [7, 11) is 0. The second kappa shape index (κ2) is 6.97. The molecule has 106 valence electrons. The third-order valence-electron chi connectivity index (χ3n) is 2.81. The molecule has 0 spiro atoms. The Labute approximate surface area is 113 Å². The van der Waals surface area contributed by atoms with Crippen LogP contribution < -0.4 is 5.32 Å². The molecule has 5 nitrogen and oxygen atoms in total. The summed E-state index contributed by atoms with van der Waals surface area (Å²) in [6.45, 7) is 6.21. The fraction of sp³-hybridized carbons (Fsp3) is 0.571. The lowest BCUT2D eigenvalue weighted by molar-refractivity contribution is -0.138. The van der Waals surface area contributed by atoms with Crippen LogP contribution in [0.1, 0.15) is 42.8 Å². The molecule has 5 heteroatoms. The van der Waals surface area contributed by atoms with Crippen molar-refractivity contribution in [2.24, 2.45) is 11.8 Å². The van der Waals surface area contributed by atoms with Gasteiger partial charge in [0.1, 0.15) is 12.0 Å². The average molecular weight is 267 g/mol. The van der Waals surface area contributed by atoms with Gasteiger partial charge in [-0.05, 0) is 31.2 Å². The fourth-order valence-electron chi connectivity index (χ4n) is 2.05. The van der Waals surface area contributed by atoms with Crippen LogP contribution >= 0.6 is 0 Å². The van der Waals surface area contributed by atoms with Crippen molar-refractivity contribution < 1.29 is 19.1 Å². The molecule has 0 fully saturated rings. The molecular formula is C14H21NO4. The van der Waals surface area contributed by atoms with E-state index in [9.17, 15) is 9.59 Å². The number of aliphatic carboxylic acids is 1. The first-order chi connectivity index (χ1) is 8.88. The summed E-state index contributed by atoms with van der Waals surface area (Å²) >= 11 is 0. The molecule has 0 bridgehead atoms. The van der Waals surface area contributed by atoms with E-state index >= 15 is 0 Å². The normalized spacial score (nSPS) is 12.4. The highest BCUT2D eigenvalue weighted by Crippen LogP contribution is 2.15. The van der Waals surface area contributed by atoms with Crippen molar-refractivity contribution in [3.8, 4) is 0 Å². The Morgan fingerprint density at radius 2 is 2.11 bits per heavy atom. The lowest BCUT2D eigenvalue weighted by atomic mass is 9.94. The zero-order valence-corrected chi connectivity index (χ0v) is 11.6. The van der Waals surface area contributed by atoms with E-state index in [1.165, 1.54) is 6.26 Å². The average Bonchev–Trinajstić information content (AvgIpc) is 2.71. The Bertz CT molecular complexity index is 436. The first kappa shape index (κ1) is 15.3. The molecule has 0 aromatic carbocycles. The maximum absolute atomic E-state index is 11.8. The van der Waals surface area contributed by atoms with Crippen molar-refractivity contribution in [3.63, 3.8) is 0 Å². The van der Waals surface area contributed by atoms with Gasteiger partial charge in [0, 0.05) is 13.0 Å². The van der Waals surface area contributed by atoms with E-state index in [2.05, 4.69) is 5.32 Å². The Morgan fingerprint density at radius 3 is 2.58 bits per heavy atom.